The molecule has 1 rings (SSSR count). The van der Waals surface area contributed by atoms with Crippen molar-refractivity contribution < 1.29 is 19.1 Å². The molecule has 0 unspecified atom stereocenters. The maximum atomic E-state index is 11.6. The Morgan fingerprint density at radius 3 is 2.40 bits per heavy atom. The Bertz CT molecular complexity index is 428. The smallest absolute Gasteiger partial charge is 0.412 e. The maximum absolute atomic E-state index is 11.6. The van der Waals surface area contributed by atoms with Gasteiger partial charge in [-0.15, -0.1) is 0 Å². The number of carbonyl (C=O) groups excluding carboxylic acids is 2. The lowest BCUT2D eigenvalue weighted by Crippen LogP contribution is -2.27. The average Bonchev–Trinajstić information content (AvgIpc) is 2.46. The molecular formula is C15H21NO4. The first kappa shape index (κ1) is 16.0. The van der Waals surface area contributed by atoms with Crippen LogP contribution in [0.15, 0.2) is 24.3 Å². The van der Waals surface area contributed by atoms with Crippen LogP contribution in [0.2, 0.25) is 0 Å². The number of benzene rings is 1. The van der Waals surface area contributed by atoms with E-state index in [1.54, 1.807) is 24.3 Å². The zero-order valence-electron chi connectivity index (χ0n) is 12.0. The minimum absolute atomic E-state index is 0.370. The van der Waals surface area contributed by atoms with Gasteiger partial charge in [-0.1, -0.05) is 20.3 Å². The van der Waals surface area contributed by atoms with Crippen LogP contribution in [0.1, 0.15) is 43.5 Å². The highest BCUT2D eigenvalue weighted by atomic mass is 16.6. The van der Waals surface area contributed by atoms with Crippen molar-refractivity contribution in [1.82, 2.24) is 5.32 Å². The number of unbranched alkanes of at least 4 members (excludes halogenated alkanes) is 1. The van der Waals surface area contributed by atoms with Gasteiger partial charge in [0.1, 0.15) is 5.75 Å². The van der Waals surface area contributed by atoms with E-state index in [1.165, 1.54) is 0 Å². The SMILES string of the molecule is CCCCNC(=O)Oc1ccc(C(=O)OCCC)cc1. The van der Waals surface area contributed by atoms with E-state index in [-0.39, 0.29) is 5.97 Å². The molecular weight excluding hydrogens is 258 g/mol. The third-order valence-corrected chi connectivity index (χ3v) is 2.54. The van der Waals surface area contributed by atoms with Crippen LogP contribution in [0, 0.1) is 0 Å². The molecule has 1 N–H and O–H groups in total. The fourth-order valence-corrected chi connectivity index (χ4v) is 1.45. The average molecular weight is 279 g/mol. The zero-order valence-corrected chi connectivity index (χ0v) is 12.0. The summed E-state index contributed by atoms with van der Waals surface area (Å²) in [4.78, 5) is 23.0. The summed E-state index contributed by atoms with van der Waals surface area (Å²) in [6.07, 6.45) is 2.22. The number of carbonyl (C=O) groups is 2. The third-order valence-electron chi connectivity index (χ3n) is 2.54. The van der Waals surface area contributed by atoms with E-state index in [0.29, 0.717) is 24.5 Å². The molecule has 5 nitrogen and oxygen atoms in total. The van der Waals surface area contributed by atoms with Gasteiger partial charge in [-0.3, -0.25) is 0 Å². The van der Waals surface area contributed by atoms with Crippen LogP contribution in [0.5, 0.6) is 5.75 Å². The van der Waals surface area contributed by atoms with Gasteiger partial charge in [0.25, 0.3) is 0 Å². The van der Waals surface area contributed by atoms with Gasteiger partial charge >= 0.3 is 12.1 Å². The first-order chi connectivity index (χ1) is 9.67. The number of esters is 1. The molecule has 0 saturated carbocycles. The number of ether oxygens (including phenoxy) is 2. The monoisotopic (exact) mass is 279 g/mol. The zero-order chi connectivity index (χ0) is 14.8. The molecule has 0 fully saturated rings. The van der Waals surface area contributed by atoms with Crippen LogP contribution in [0.4, 0.5) is 4.79 Å². The number of rotatable bonds is 7. The lowest BCUT2D eigenvalue weighted by molar-refractivity contribution is 0.0505. The van der Waals surface area contributed by atoms with Gasteiger partial charge < -0.3 is 14.8 Å². The topological polar surface area (TPSA) is 64.6 Å². The van der Waals surface area contributed by atoms with Gasteiger partial charge in [0.05, 0.1) is 12.2 Å². The van der Waals surface area contributed by atoms with E-state index in [1.807, 2.05) is 13.8 Å². The fourth-order valence-electron chi connectivity index (χ4n) is 1.45. The molecule has 0 radical (unpaired) electrons. The predicted octanol–water partition coefficient (Wildman–Crippen LogP) is 3.14. The Kier molecular flexibility index (Phi) is 7.17. The van der Waals surface area contributed by atoms with Gasteiger partial charge in [0.15, 0.2) is 0 Å². The Morgan fingerprint density at radius 2 is 1.80 bits per heavy atom. The number of hydrogen-bond donors (Lipinski definition) is 1. The van der Waals surface area contributed by atoms with E-state index in [2.05, 4.69) is 5.32 Å². The van der Waals surface area contributed by atoms with Gasteiger partial charge in [-0.2, -0.15) is 0 Å². The largest absolute Gasteiger partial charge is 0.462 e. The highest BCUT2D eigenvalue weighted by Gasteiger charge is 2.08. The van der Waals surface area contributed by atoms with Gasteiger partial charge in [-0.25, -0.2) is 9.59 Å². The van der Waals surface area contributed by atoms with Crippen LogP contribution in [-0.2, 0) is 4.74 Å². The lowest BCUT2D eigenvalue weighted by Gasteiger charge is -2.07. The van der Waals surface area contributed by atoms with Crippen molar-refractivity contribution in [3.05, 3.63) is 29.8 Å². The minimum atomic E-state index is -0.486. The van der Waals surface area contributed by atoms with E-state index in [9.17, 15) is 9.59 Å². The second kappa shape index (κ2) is 8.96. The maximum Gasteiger partial charge on any atom is 0.412 e. The number of nitrogens with one attached hydrogen (secondary N) is 1. The molecule has 1 aromatic carbocycles. The highest BCUT2D eigenvalue weighted by Crippen LogP contribution is 2.13. The molecule has 110 valence electrons. The van der Waals surface area contributed by atoms with E-state index < -0.39 is 6.09 Å². The molecule has 0 aliphatic heterocycles. The first-order valence-corrected chi connectivity index (χ1v) is 6.90. The number of hydrogen-bond acceptors (Lipinski definition) is 4. The summed E-state index contributed by atoms with van der Waals surface area (Å²) in [5.74, 6) is 0.0248. The van der Waals surface area contributed by atoms with Crippen molar-refractivity contribution in [2.24, 2.45) is 0 Å². The summed E-state index contributed by atoms with van der Waals surface area (Å²) in [7, 11) is 0. The van der Waals surface area contributed by atoms with E-state index in [0.717, 1.165) is 19.3 Å². The van der Waals surface area contributed by atoms with Crippen LogP contribution < -0.4 is 10.1 Å². The van der Waals surface area contributed by atoms with Gasteiger partial charge in [0, 0.05) is 6.54 Å². The molecule has 5 heteroatoms. The summed E-state index contributed by atoms with van der Waals surface area (Å²) in [5.41, 5.74) is 0.442. The van der Waals surface area contributed by atoms with Crippen LogP contribution in [0.3, 0.4) is 0 Å². The van der Waals surface area contributed by atoms with Crippen molar-refractivity contribution in [1.29, 1.82) is 0 Å². The fraction of sp³-hybridized carbons (Fsp3) is 0.467. The Balaban J connectivity index is 2.45. The van der Waals surface area contributed by atoms with Crippen LogP contribution in [0.25, 0.3) is 0 Å². The minimum Gasteiger partial charge on any atom is -0.462 e. The third kappa shape index (κ3) is 5.73. The molecule has 0 saturated heterocycles. The molecule has 0 spiro atoms. The summed E-state index contributed by atoms with van der Waals surface area (Å²) in [6.45, 7) is 4.97. The standard InChI is InChI=1S/C15H21NO4/c1-3-5-10-16-15(18)20-13-8-6-12(7-9-13)14(17)19-11-4-2/h6-9H,3-5,10-11H2,1-2H3,(H,16,18). The van der Waals surface area contributed by atoms with Crippen LogP contribution in [-0.4, -0.2) is 25.2 Å². The lowest BCUT2D eigenvalue weighted by atomic mass is 10.2. The molecule has 0 heterocycles. The van der Waals surface area contributed by atoms with Crippen LogP contribution >= 0.6 is 0 Å². The van der Waals surface area contributed by atoms with E-state index >= 15 is 0 Å². The molecule has 1 aromatic rings. The van der Waals surface area contributed by atoms with Crippen molar-refractivity contribution >= 4 is 12.1 Å². The number of amides is 1. The van der Waals surface area contributed by atoms with Gasteiger partial charge in [0.2, 0.25) is 0 Å². The molecule has 0 aliphatic carbocycles. The van der Waals surface area contributed by atoms with Gasteiger partial charge in [-0.05, 0) is 37.1 Å². The second-order valence-corrected chi connectivity index (χ2v) is 4.33. The highest BCUT2D eigenvalue weighted by molar-refractivity contribution is 5.89. The molecule has 0 aliphatic rings. The molecule has 0 bridgehead atoms. The summed E-state index contributed by atoms with van der Waals surface area (Å²) in [5, 5.41) is 2.64. The second-order valence-electron chi connectivity index (χ2n) is 4.33. The van der Waals surface area contributed by atoms with Crippen molar-refractivity contribution in [2.45, 2.75) is 33.1 Å². The molecule has 20 heavy (non-hydrogen) atoms. The summed E-state index contributed by atoms with van der Waals surface area (Å²) >= 11 is 0. The molecule has 0 atom stereocenters. The molecule has 1 amide bonds. The Morgan fingerprint density at radius 1 is 1.10 bits per heavy atom. The first-order valence-electron chi connectivity index (χ1n) is 6.90. The van der Waals surface area contributed by atoms with Crippen molar-refractivity contribution in [3.63, 3.8) is 0 Å². The Labute approximate surface area is 119 Å². The quantitative estimate of drug-likeness (QED) is 0.615. The van der Waals surface area contributed by atoms with Crippen molar-refractivity contribution in [3.8, 4) is 5.75 Å². The summed E-state index contributed by atoms with van der Waals surface area (Å²) in [6, 6.07) is 6.29. The normalized spacial score (nSPS) is 9.90. The predicted molar refractivity (Wildman–Crippen MR) is 76.0 cm³/mol. The summed E-state index contributed by atoms with van der Waals surface area (Å²) < 4.78 is 10.1. The van der Waals surface area contributed by atoms with E-state index in [4.69, 9.17) is 9.47 Å². The Hall–Kier alpha value is -2.04. The molecule has 0 aromatic heterocycles. The van der Waals surface area contributed by atoms with Crippen molar-refractivity contribution in [2.75, 3.05) is 13.2 Å².